The zero-order chi connectivity index (χ0) is 18.3. The van der Waals surface area contributed by atoms with Crippen LogP contribution in [0, 0.1) is 0 Å². The molecule has 0 saturated carbocycles. The molecule has 0 unspecified atom stereocenters. The van der Waals surface area contributed by atoms with E-state index in [1.54, 1.807) is 6.08 Å². The van der Waals surface area contributed by atoms with Crippen LogP contribution in [0.25, 0.3) is 0 Å². The zero-order valence-electron chi connectivity index (χ0n) is 14.0. The Labute approximate surface area is 148 Å². The van der Waals surface area contributed by atoms with Gasteiger partial charge in [-0.2, -0.15) is 4.31 Å². The number of nitrogens with zero attached hydrogens (tertiary/aromatic N) is 1. The van der Waals surface area contributed by atoms with Crippen molar-refractivity contribution in [1.29, 1.82) is 0 Å². The van der Waals surface area contributed by atoms with Crippen LogP contribution in [0.3, 0.4) is 0 Å². The van der Waals surface area contributed by atoms with Gasteiger partial charge in [0.15, 0.2) is 0 Å². The summed E-state index contributed by atoms with van der Waals surface area (Å²) in [7, 11) is -3.51. The number of hydrogen-bond donors (Lipinski definition) is 2. The van der Waals surface area contributed by atoms with E-state index in [0.717, 1.165) is 19.3 Å². The highest BCUT2D eigenvalue weighted by atomic mass is 32.2. The van der Waals surface area contributed by atoms with Gasteiger partial charge in [-0.05, 0) is 37.1 Å². The summed E-state index contributed by atoms with van der Waals surface area (Å²) in [5.74, 6) is -0.756. The summed E-state index contributed by atoms with van der Waals surface area (Å²) in [5.41, 5.74) is 0.300. The van der Waals surface area contributed by atoms with Gasteiger partial charge in [0, 0.05) is 25.2 Å². The molecule has 136 valence electrons. The lowest BCUT2D eigenvalue weighted by molar-refractivity contribution is -0.119. The van der Waals surface area contributed by atoms with Crippen LogP contribution in [0.1, 0.15) is 29.6 Å². The predicted octanol–water partition coefficient (Wildman–Crippen LogP) is 0.893. The number of amides is 2. The minimum atomic E-state index is -3.51. The SMILES string of the molecule is C=CCNC(=O)CNC(=O)c1ccc(S(=O)(=O)N2CCCCC2)cc1. The maximum atomic E-state index is 12.5. The topological polar surface area (TPSA) is 95.6 Å². The second-order valence-corrected chi connectivity index (χ2v) is 7.70. The minimum Gasteiger partial charge on any atom is -0.351 e. The molecule has 0 aliphatic carbocycles. The summed E-state index contributed by atoms with van der Waals surface area (Å²) in [5, 5.41) is 5.03. The van der Waals surface area contributed by atoms with E-state index in [9.17, 15) is 18.0 Å². The fourth-order valence-corrected chi connectivity index (χ4v) is 4.06. The molecule has 25 heavy (non-hydrogen) atoms. The van der Waals surface area contributed by atoms with Gasteiger partial charge < -0.3 is 10.6 Å². The van der Waals surface area contributed by atoms with Crippen molar-refractivity contribution >= 4 is 21.8 Å². The first-order chi connectivity index (χ1) is 11.9. The fourth-order valence-electron chi connectivity index (χ4n) is 2.54. The van der Waals surface area contributed by atoms with E-state index in [4.69, 9.17) is 0 Å². The van der Waals surface area contributed by atoms with E-state index in [-0.39, 0.29) is 17.3 Å². The van der Waals surface area contributed by atoms with Crippen LogP contribution in [-0.4, -0.2) is 50.7 Å². The largest absolute Gasteiger partial charge is 0.351 e. The summed E-state index contributed by atoms with van der Waals surface area (Å²) in [6, 6.07) is 5.76. The van der Waals surface area contributed by atoms with Crippen molar-refractivity contribution in [1.82, 2.24) is 14.9 Å². The molecule has 2 rings (SSSR count). The average Bonchev–Trinajstić information content (AvgIpc) is 2.65. The van der Waals surface area contributed by atoms with E-state index in [1.165, 1.54) is 28.6 Å². The highest BCUT2D eigenvalue weighted by molar-refractivity contribution is 7.89. The lowest BCUT2D eigenvalue weighted by Crippen LogP contribution is -2.37. The number of piperidine rings is 1. The number of benzene rings is 1. The summed E-state index contributed by atoms with van der Waals surface area (Å²) < 4.78 is 26.6. The molecule has 2 N–H and O–H groups in total. The van der Waals surface area contributed by atoms with Crippen molar-refractivity contribution in [3.63, 3.8) is 0 Å². The first-order valence-corrected chi connectivity index (χ1v) is 9.65. The Hall–Kier alpha value is -2.19. The van der Waals surface area contributed by atoms with Gasteiger partial charge in [-0.15, -0.1) is 6.58 Å². The molecule has 1 aliphatic rings. The van der Waals surface area contributed by atoms with E-state index in [0.29, 0.717) is 25.2 Å². The predicted molar refractivity (Wildman–Crippen MR) is 94.6 cm³/mol. The zero-order valence-corrected chi connectivity index (χ0v) is 14.8. The lowest BCUT2D eigenvalue weighted by Gasteiger charge is -2.25. The first kappa shape index (κ1) is 19.1. The number of nitrogens with one attached hydrogen (secondary N) is 2. The summed E-state index contributed by atoms with van der Waals surface area (Å²) in [6.45, 7) is 4.73. The highest BCUT2D eigenvalue weighted by Gasteiger charge is 2.25. The first-order valence-electron chi connectivity index (χ1n) is 8.21. The van der Waals surface area contributed by atoms with E-state index in [1.807, 2.05) is 0 Å². The van der Waals surface area contributed by atoms with Crippen molar-refractivity contribution in [2.45, 2.75) is 24.2 Å². The van der Waals surface area contributed by atoms with Gasteiger partial charge in [-0.3, -0.25) is 9.59 Å². The summed E-state index contributed by atoms with van der Waals surface area (Å²) >= 11 is 0. The van der Waals surface area contributed by atoms with Crippen molar-refractivity contribution in [2.24, 2.45) is 0 Å². The third kappa shape index (κ3) is 5.14. The van der Waals surface area contributed by atoms with Crippen LogP contribution in [0.5, 0.6) is 0 Å². The smallest absolute Gasteiger partial charge is 0.251 e. The van der Waals surface area contributed by atoms with Crippen molar-refractivity contribution < 1.29 is 18.0 Å². The van der Waals surface area contributed by atoms with Crippen LogP contribution in [0.2, 0.25) is 0 Å². The molecule has 0 atom stereocenters. The van der Waals surface area contributed by atoms with Gasteiger partial charge in [-0.25, -0.2) is 8.42 Å². The van der Waals surface area contributed by atoms with Gasteiger partial charge in [0.05, 0.1) is 11.4 Å². The van der Waals surface area contributed by atoms with Crippen molar-refractivity contribution in [3.8, 4) is 0 Å². The molecule has 1 heterocycles. The Morgan fingerprint density at radius 1 is 1.08 bits per heavy atom. The summed E-state index contributed by atoms with van der Waals surface area (Å²) in [6.07, 6.45) is 4.33. The van der Waals surface area contributed by atoms with Crippen LogP contribution in [-0.2, 0) is 14.8 Å². The number of sulfonamides is 1. The molecular formula is C17H23N3O4S. The minimum absolute atomic E-state index is 0.152. The molecule has 0 bridgehead atoms. The van der Waals surface area contributed by atoms with Crippen LogP contribution < -0.4 is 10.6 Å². The van der Waals surface area contributed by atoms with Crippen LogP contribution in [0.4, 0.5) is 0 Å². The maximum Gasteiger partial charge on any atom is 0.251 e. The molecule has 1 aromatic carbocycles. The average molecular weight is 365 g/mol. The molecule has 0 aromatic heterocycles. The second kappa shape index (κ2) is 8.77. The number of rotatable bonds is 7. The quantitative estimate of drug-likeness (QED) is 0.702. The third-order valence-electron chi connectivity index (χ3n) is 3.92. The Morgan fingerprint density at radius 3 is 2.32 bits per heavy atom. The molecule has 1 saturated heterocycles. The van der Waals surface area contributed by atoms with Crippen molar-refractivity contribution in [3.05, 3.63) is 42.5 Å². The number of hydrogen-bond acceptors (Lipinski definition) is 4. The maximum absolute atomic E-state index is 12.5. The second-order valence-electron chi connectivity index (χ2n) is 5.76. The van der Waals surface area contributed by atoms with Gasteiger partial charge in [-0.1, -0.05) is 12.5 Å². The highest BCUT2D eigenvalue weighted by Crippen LogP contribution is 2.20. The normalized spacial score (nSPS) is 15.4. The molecule has 7 nitrogen and oxygen atoms in total. The molecule has 0 radical (unpaired) electrons. The fraction of sp³-hybridized carbons (Fsp3) is 0.412. The standard InChI is InChI=1S/C17H23N3O4S/c1-2-10-18-16(21)13-19-17(22)14-6-8-15(9-7-14)25(23,24)20-11-4-3-5-12-20/h2,6-9H,1,3-5,10-13H2,(H,18,21)(H,19,22). The van der Waals surface area contributed by atoms with Gasteiger partial charge >= 0.3 is 0 Å². The molecule has 1 aromatic rings. The monoisotopic (exact) mass is 365 g/mol. The molecule has 8 heteroatoms. The van der Waals surface area contributed by atoms with Gasteiger partial charge in [0.1, 0.15) is 0 Å². The molecule has 0 spiro atoms. The van der Waals surface area contributed by atoms with Crippen molar-refractivity contribution in [2.75, 3.05) is 26.2 Å². The lowest BCUT2D eigenvalue weighted by atomic mass is 10.2. The number of carbonyl (C=O) groups excluding carboxylic acids is 2. The van der Waals surface area contributed by atoms with Crippen LogP contribution >= 0.6 is 0 Å². The molecular weight excluding hydrogens is 342 g/mol. The van der Waals surface area contributed by atoms with E-state index in [2.05, 4.69) is 17.2 Å². The Kier molecular flexibility index (Phi) is 6.72. The number of carbonyl (C=O) groups is 2. The third-order valence-corrected chi connectivity index (χ3v) is 5.84. The summed E-state index contributed by atoms with van der Waals surface area (Å²) in [4.78, 5) is 23.6. The molecule has 1 fully saturated rings. The molecule has 1 aliphatic heterocycles. The van der Waals surface area contributed by atoms with Gasteiger partial charge in [0.2, 0.25) is 15.9 Å². The van der Waals surface area contributed by atoms with E-state index < -0.39 is 15.9 Å². The Balaban J connectivity index is 1.97. The van der Waals surface area contributed by atoms with Crippen LogP contribution in [0.15, 0.2) is 41.8 Å². The van der Waals surface area contributed by atoms with Gasteiger partial charge in [0.25, 0.3) is 5.91 Å². The Bertz CT molecular complexity index is 723. The Morgan fingerprint density at radius 2 is 1.72 bits per heavy atom. The molecule has 2 amide bonds. The van der Waals surface area contributed by atoms with E-state index >= 15 is 0 Å².